The molecule has 0 spiro atoms. The average molecular weight is 298 g/mol. The quantitative estimate of drug-likeness (QED) is 0.629. The zero-order chi connectivity index (χ0) is 15.6. The Morgan fingerprint density at radius 2 is 2.00 bits per heavy atom. The summed E-state index contributed by atoms with van der Waals surface area (Å²) in [6.07, 6.45) is 6.58. The minimum atomic E-state index is -0.161. The van der Waals surface area contributed by atoms with Crippen molar-refractivity contribution in [1.82, 2.24) is 10.3 Å². The van der Waals surface area contributed by atoms with Gasteiger partial charge < -0.3 is 14.8 Å². The Balaban J connectivity index is 1.70. The Hall–Kier alpha value is -2.82. The second-order valence-electron chi connectivity index (χ2n) is 4.43. The predicted octanol–water partition coefficient (Wildman–Crippen LogP) is 2.30. The molecule has 1 aromatic heterocycles. The first-order valence-electron chi connectivity index (χ1n) is 6.91. The molecular formula is C17H18N2O3. The van der Waals surface area contributed by atoms with Gasteiger partial charge in [-0.15, -0.1) is 0 Å². The maximum Gasteiger partial charge on any atom is 0.244 e. The summed E-state index contributed by atoms with van der Waals surface area (Å²) >= 11 is 0. The first-order valence-corrected chi connectivity index (χ1v) is 6.91. The molecule has 2 rings (SSSR count). The smallest absolute Gasteiger partial charge is 0.244 e. The Morgan fingerprint density at radius 3 is 2.77 bits per heavy atom. The fourth-order valence-electron chi connectivity index (χ4n) is 1.74. The third-order valence-corrected chi connectivity index (χ3v) is 2.84. The number of carbonyl (C=O) groups is 1. The van der Waals surface area contributed by atoms with Crippen LogP contribution in [-0.4, -0.2) is 31.2 Å². The van der Waals surface area contributed by atoms with Gasteiger partial charge in [-0.1, -0.05) is 6.07 Å². The number of carbonyl (C=O) groups excluding carboxylic acids is 1. The lowest BCUT2D eigenvalue weighted by molar-refractivity contribution is -0.116. The molecule has 5 heteroatoms. The molecule has 0 bridgehead atoms. The molecule has 0 radical (unpaired) electrons. The summed E-state index contributed by atoms with van der Waals surface area (Å²) < 4.78 is 10.6. The van der Waals surface area contributed by atoms with E-state index in [-0.39, 0.29) is 5.91 Å². The molecule has 114 valence electrons. The second-order valence-corrected chi connectivity index (χ2v) is 4.43. The maximum absolute atomic E-state index is 11.6. The van der Waals surface area contributed by atoms with Crippen LogP contribution in [0.25, 0.3) is 6.08 Å². The molecule has 0 atom stereocenters. The van der Waals surface area contributed by atoms with Crippen molar-refractivity contribution >= 4 is 12.0 Å². The number of nitrogens with one attached hydrogen (secondary N) is 1. The number of pyridine rings is 1. The third kappa shape index (κ3) is 5.28. The van der Waals surface area contributed by atoms with Crippen LogP contribution in [0.4, 0.5) is 0 Å². The largest absolute Gasteiger partial charge is 0.497 e. The molecular weight excluding hydrogens is 280 g/mol. The molecule has 2 aromatic rings. The number of amides is 1. The van der Waals surface area contributed by atoms with Gasteiger partial charge in [-0.25, -0.2) is 0 Å². The molecule has 1 N–H and O–H groups in total. The van der Waals surface area contributed by atoms with Crippen molar-refractivity contribution < 1.29 is 14.3 Å². The number of hydrogen-bond acceptors (Lipinski definition) is 4. The van der Waals surface area contributed by atoms with Crippen molar-refractivity contribution in [2.24, 2.45) is 0 Å². The van der Waals surface area contributed by atoms with E-state index in [4.69, 9.17) is 9.47 Å². The first-order chi connectivity index (χ1) is 10.8. The van der Waals surface area contributed by atoms with Gasteiger partial charge in [0, 0.05) is 24.5 Å². The van der Waals surface area contributed by atoms with Gasteiger partial charge in [0.05, 0.1) is 13.7 Å². The highest BCUT2D eigenvalue weighted by molar-refractivity contribution is 5.91. The van der Waals surface area contributed by atoms with E-state index < -0.39 is 0 Å². The van der Waals surface area contributed by atoms with Gasteiger partial charge in [0.1, 0.15) is 18.1 Å². The first kappa shape index (κ1) is 15.6. The van der Waals surface area contributed by atoms with Crippen molar-refractivity contribution in [2.75, 3.05) is 20.3 Å². The van der Waals surface area contributed by atoms with Crippen molar-refractivity contribution in [3.8, 4) is 11.5 Å². The standard InChI is InChI=1S/C17H18N2O3/c1-21-15-3-2-4-16(13-15)22-12-11-19-17(20)6-5-14-7-9-18-10-8-14/h2-10,13H,11-12H2,1H3,(H,19,20)/b6-5+. The van der Waals surface area contributed by atoms with Gasteiger partial charge in [-0.3, -0.25) is 9.78 Å². The summed E-state index contributed by atoms with van der Waals surface area (Å²) in [5.74, 6) is 1.29. The van der Waals surface area contributed by atoms with E-state index in [1.807, 2.05) is 30.3 Å². The predicted molar refractivity (Wildman–Crippen MR) is 84.8 cm³/mol. The number of methoxy groups -OCH3 is 1. The van der Waals surface area contributed by atoms with Gasteiger partial charge in [-0.2, -0.15) is 0 Å². The van der Waals surface area contributed by atoms with E-state index in [9.17, 15) is 4.79 Å². The Bertz CT molecular complexity index is 627. The molecule has 5 nitrogen and oxygen atoms in total. The van der Waals surface area contributed by atoms with Crippen molar-refractivity contribution in [2.45, 2.75) is 0 Å². The minimum absolute atomic E-state index is 0.161. The van der Waals surface area contributed by atoms with Crippen LogP contribution in [0.2, 0.25) is 0 Å². The monoisotopic (exact) mass is 298 g/mol. The van der Waals surface area contributed by atoms with Crippen LogP contribution in [0.1, 0.15) is 5.56 Å². The molecule has 0 saturated heterocycles. The SMILES string of the molecule is COc1cccc(OCCNC(=O)/C=C/c2ccncc2)c1. The van der Waals surface area contributed by atoms with Gasteiger partial charge in [-0.05, 0) is 35.9 Å². The molecule has 1 amide bonds. The number of aromatic nitrogens is 1. The molecule has 0 unspecified atom stereocenters. The molecule has 1 aromatic carbocycles. The molecule has 1 heterocycles. The lowest BCUT2D eigenvalue weighted by Gasteiger charge is -2.07. The number of rotatable bonds is 7. The Labute approximate surface area is 129 Å². The number of hydrogen-bond donors (Lipinski definition) is 1. The van der Waals surface area contributed by atoms with Crippen molar-refractivity contribution in [1.29, 1.82) is 0 Å². The average Bonchev–Trinajstić information content (AvgIpc) is 2.58. The van der Waals surface area contributed by atoms with Crippen LogP contribution >= 0.6 is 0 Å². The van der Waals surface area contributed by atoms with E-state index in [0.29, 0.717) is 18.9 Å². The highest BCUT2D eigenvalue weighted by Gasteiger charge is 1.98. The highest BCUT2D eigenvalue weighted by Crippen LogP contribution is 2.18. The van der Waals surface area contributed by atoms with Crippen LogP contribution in [0.3, 0.4) is 0 Å². The van der Waals surface area contributed by atoms with Crippen molar-refractivity contribution in [3.63, 3.8) is 0 Å². The van der Waals surface area contributed by atoms with Crippen molar-refractivity contribution in [3.05, 3.63) is 60.4 Å². The number of nitrogens with zero attached hydrogens (tertiary/aromatic N) is 1. The van der Waals surface area contributed by atoms with E-state index in [1.54, 1.807) is 31.6 Å². The van der Waals surface area contributed by atoms with Gasteiger partial charge in [0.2, 0.25) is 5.91 Å². The topological polar surface area (TPSA) is 60.5 Å². The van der Waals surface area contributed by atoms with Crippen LogP contribution in [-0.2, 0) is 4.79 Å². The van der Waals surface area contributed by atoms with Gasteiger partial charge in [0.15, 0.2) is 0 Å². The summed E-state index contributed by atoms with van der Waals surface area (Å²) in [5.41, 5.74) is 0.929. The van der Waals surface area contributed by atoms with Gasteiger partial charge >= 0.3 is 0 Å². The molecule has 0 aliphatic heterocycles. The van der Waals surface area contributed by atoms with Crippen LogP contribution in [0.5, 0.6) is 11.5 Å². The van der Waals surface area contributed by atoms with E-state index in [1.165, 1.54) is 6.08 Å². The Morgan fingerprint density at radius 1 is 1.23 bits per heavy atom. The van der Waals surface area contributed by atoms with E-state index in [2.05, 4.69) is 10.3 Å². The zero-order valence-electron chi connectivity index (χ0n) is 12.4. The number of benzene rings is 1. The molecule has 0 saturated carbocycles. The molecule has 0 aliphatic rings. The normalized spacial score (nSPS) is 10.4. The summed E-state index contributed by atoms with van der Waals surface area (Å²) in [6, 6.07) is 11.0. The lowest BCUT2D eigenvalue weighted by atomic mass is 10.2. The van der Waals surface area contributed by atoms with Crippen LogP contribution in [0.15, 0.2) is 54.9 Å². The summed E-state index contributed by atoms with van der Waals surface area (Å²) in [4.78, 5) is 15.6. The van der Waals surface area contributed by atoms with Gasteiger partial charge in [0.25, 0.3) is 0 Å². The molecule has 0 aliphatic carbocycles. The fraction of sp³-hybridized carbons (Fsp3) is 0.176. The number of ether oxygens (including phenoxy) is 2. The second kappa shape index (κ2) is 8.46. The summed E-state index contributed by atoms with van der Waals surface area (Å²) in [5, 5.41) is 2.75. The summed E-state index contributed by atoms with van der Waals surface area (Å²) in [6.45, 7) is 0.818. The molecule has 0 fully saturated rings. The lowest BCUT2D eigenvalue weighted by Crippen LogP contribution is -2.26. The van der Waals surface area contributed by atoms with Crippen LogP contribution in [0, 0.1) is 0 Å². The third-order valence-electron chi connectivity index (χ3n) is 2.84. The zero-order valence-corrected chi connectivity index (χ0v) is 12.4. The molecule has 22 heavy (non-hydrogen) atoms. The highest BCUT2D eigenvalue weighted by atomic mass is 16.5. The summed E-state index contributed by atoms with van der Waals surface area (Å²) in [7, 11) is 1.61. The Kier molecular flexibility index (Phi) is 5.99. The maximum atomic E-state index is 11.6. The van der Waals surface area contributed by atoms with E-state index in [0.717, 1.165) is 11.3 Å². The van der Waals surface area contributed by atoms with Crippen LogP contribution < -0.4 is 14.8 Å². The fourth-order valence-corrected chi connectivity index (χ4v) is 1.74. The van der Waals surface area contributed by atoms with E-state index >= 15 is 0 Å². The minimum Gasteiger partial charge on any atom is -0.497 e.